The molecule has 2 N–H and O–H groups in total. The number of nitrogens with one attached hydrogen (secondary N) is 2. The van der Waals surface area contributed by atoms with Crippen molar-refractivity contribution in [2.45, 2.75) is 6.18 Å². The minimum absolute atomic E-state index is 0.277. The third kappa shape index (κ3) is 4.08. The molecule has 3 aromatic rings. The highest BCUT2D eigenvalue weighted by Gasteiger charge is 2.30. The van der Waals surface area contributed by atoms with E-state index in [9.17, 15) is 13.2 Å². The summed E-state index contributed by atoms with van der Waals surface area (Å²) in [5.41, 5.74) is 0.237. The SMILES string of the molecule is FC(F)(F)c1cccc(Nc2ccnc(Nc3ccc4c(c3)OCCO4)n2)c1. The number of alkyl halides is 3. The van der Waals surface area contributed by atoms with Crippen LogP contribution < -0.4 is 20.1 Å². The number of fused-ring (bicyclic) bond motifs is 1. The molecule has 2 aromatic carbocycles. The number of hydrogen-bond donors (Lipinski definition) is 2. The highest BCUT2D eigenvalue weighted by molar-refractivity contribution is 5.62. The highest BCUT2D eigenvalue weighted by atomic mass is 19.4. The summed E-state index contributed by atoms with van der Waals surface area (Å²) in [5, 5.41) is 5.89. The van der Waals surface area contributed by atoms with Gasteiger partial charge in [0.25, 0.3) is 0 Å². The quantitative estimate of drug-likeness (QED) is 0.672. The Bertz CT molecular complexity index is 995. The molecule has 0 radical (unpaired) electrons. The minimum atomic E-state index is -4.41. The molecule has 0 unspecified atom stereocenters. The van der Waals surface area contributed by atoms with Gasteiger partial charge in [0.1, 0.15) is 19.0 Å². The molecular weight excluding hydrogens is 373 g/mol. The molecule has 0 aliphatic carbocycles. The first-order valence-electron chi connectivity index (χ1n) is 8.41. The maximum atomic E-state index is 12.9. The van der Waals surface area contributed by atoms with Crippen LogP contribution in [-0.2, 0) is 6.18 Å². The van der Waals surface area contributed by atoms with E-state index < -0.39 is 11.7 Å². The van der Waals surface area contributed by atoms with Gasteiger partial charge < -0.3 is 20.1 Å². The average Bonchev–Trinajstić information content (AvgIpc) is 2.68. The van der Waals surface area contributed by atoms with Crippen molar-refractivity contribution in [3.05, 3.63) is 60.3 Å². The molecule has 4 rings (SSSR count). The Morgan fingerprint density at radius 2 is 1.64 bits per heavy atom. The fourth-order valence-corrected chi connectivity index (χ4v) is 2.66. The first-order valence-corrected chi connectivity index (χ1v) is 8.41. The third-order valence-corrected chi connectivity index (χ3v) is 3.92. The van der Waals surface area contributed by atoms with E-state index in [0.29, 0.717) is 36.2 Å². The first kappa shape index (κ1) is 17.9. The van der Waals surface area contributed by atoms with E-state index in [1.807, 2.05) is 0 Å². The maximum absolute atomic E-state index is 12.9. The number of hydrogen-bond acceptors (Lipinski definition) is 6. The van der Waals surface area contributed by atoms with E-state index in [2.05, 4.69) is 20.6 Å². The smallest absolute Gasteiger partial charge is 0.416 e. The molecule has 144 valence electrons. The summed E-state index contributed by atoms with van der Waals surface area (Å²) in [6.45, 7) is 0.982. The van der Waals surface area contributed by atoms with Crippen LogP contribution in [0.2, 0.25) is 0 Å². The second kappa shape index (κ2) is 7.26. The molecule has 0 saturated carbocycles. The molecule has 0 spiro atoms. The van der Waals surface area contributed by atoms with E-state index in [1.165, 1.54) is 18.3 Å². The molecule has 0 atom stereocenters. The number of benzene rings is 2. The van der Waals surface area contributed by atoms with Crippen LogP contribution in [0.25, 0.3) is 0 Å². The van der Waals surface area contributed by atoms with Crippen LogP contribution in [0.5, 0.6) is 11.5 Å². The molecule has 1 aliphatic heterocycles. The summed E-state index contributed by atoms with van der Waals surface area (Å²) in [7, 11) is 0. The summed E-state index contributed by atoms with van der Waals surface area (Å²) in [6.07, 6.45) is -2.91. The predicted molar refractivity (Wildman–Crippen MR) is 97.5 cm³/mol. The Balaban J connectivity index is 1.51. The Labute approximate surface area is 158 Å². The number of anilines is 4. The second-order valence-electron chi connectivity index (χ2n) is 5.95. The monoisotopic (exact) mass is 388 g/mol. The minimum Gasteiger partial charge on any atom is -0.486 e. The van der Waals surface area contributed by atoms with Gasteiger partial charge in [-0.15, -0.1) is 0 Å². The van der Waals surface area contributed by atoms with E-state index in [4.69, 9.17) is 9.47 Å². The Morgan fingerprint density at radius 1 is 0.857 bits per heavy atom. The van der Waals surface area contributed by atoms with Gasteiger partial charge in [0, 0.05) is 23.6 Å². The lowest BCUT2D eigenvalue weighted by molar-refractivity contribution is -0.137. The Morgan fingerprint density at radius 3 is 2.46 bits per heavy atom. The van der Waals surface area contributed by atoms with Crippen molar-refractivity contribution in [2.75, 3.05) is 23.8 Å². The third-order valence-electron chi connectivity index (χ3n) is 3.92. The van der Waals surface area contributed by atoms with Gasteiger partial charge in [0.15, 0.2) is 11.5 Å². The Kier molecular flexibility index (Phi) is 4.64. The lowest BCUT2D eigenvalue weighted by Gasteiger charge is -2.19. The number of aromatic nitrogens is 2. The van der Waals surface area contributed by atoms with Crippen LogP contribution in [0.4, 0.5) is 36.3 Å². The molecule has 28 heavy (non-hydrogen) atoms. The topological polar surface area (TPSA) is 68.3 Å². The molecule has 6 nitrogen and oxygen atoms in total. The van der Waals surface area contributed by atoms with Crippen molar-refractivity contribution in [3.8, 4) is 11.5 Å². The summed E-state index contributed by atoms with van der Waals surface area (Å²) in [5.74, 6) is 1.93. The van der Waals surface area contributed by atoms with Crippen molar-refractivity contribution in [3.63, 3.8) is 0 Å². The zero-order valence-corrected chi connectivity index (χ0v) is 14.5. The molecule has 0 saturated heterocycles. The fourth-order valence-electron chi connectivity index (χ4n) is 2.66. The number of halogens is 3. The van der Waals surface area contributed by atoms with Gasteiger partial charge in [-0.05, 0) is 36.4 Å². The first-order chi connectivity index (χ1) is 13.5. The molecule has 0 bridgehead atoms. The highest BCUT2D eigenvalue weighted by Crippen LogP contribution is 2.34. The van der Waals surface area contributed by atoms with Gasteiger partial charge in [0.05, 0.1) is 5.56 Å². The molecule has 0 fully saturated rings. The van der Waals surface area contributed by atoms with Crippen molar-refractivity contribution >= 4 is 23.1 Å². The molecule has 9 heteroatoms. The van der Waals surface area contributed by atoms with Gasteiger partial charge in [0.2, 0.25) is 5.95 Å². The fraction of sp³-hybridized carbons (Fsp3) is 0.158. The van der Waals surface area contributed by atoms with Gasteiger partial charge >= 0.3 is 6.18 Å². The van der Waals surface area contributed by atoms with Gasteiger partial charge in [-0.2, -0.15) is 18.2 Å². The number of rotatable bonds is 4. The average molecular weight is 388 g/mol. The van der Waals surface area contributed by atoms with E-state index in [0.717, 1.165) is 12.1 Å². The van der Waals surface area contributed by atoms with E-state index in [-0.39, 0.29) is 11.6 Å². The standard InChI is InChI=1S/C19H15F3N4O2/c20-19(21,22)12-2-1-3-13(10-12)24-17-6-7-23-18(26-17)25-14-4-5-15-16(11-14)28-9-8-27-15/h1-7,10-11H,8-9H2,(H2,23,24,25,26). The van der Waals surface area contributed by atoms with Crippen LogP contribution >= 0.6 is 0 Å². The molecule has 2 heterocycles. The zero-order valence-electron chi connectivity index (χ0n) is 14.5. The molecule has 1 aromatic heterocycles. The van der Waals surface area contributed by atoms with Crippen molar-refractivity contribution in [1.82, 2.24) is 9.97 Å². The number of ether oxygens (including phenoxy) is 2. The molecular formula is C19H15F3N4O2. The largest absolute Gasteiger partial charge is 0.486 e. The van der Waals surface area contributed by atoms with E-state index in [1.54, 1.807) is 24.3 Å². The van der Waals surface area contributed by atoms with Crippen LogP contribution in [0.15, 0.2) is 54.7 Å². The predicted octanol–water partition coefficient (Wildman–Crippen LogP) is 4.75. The van der Waals surface area contributed by atoms with Crippen LogP contribution in [0, 0.1) is 0 Å². The van der Waals surface area contributed by atoms with Crippen molar-refractivity contribution in [1.29, 1.82) is 0 Å². The summed E-state index contributed by atoms with van der Waals surface area (Å²) in [4.78, 5) is 8.41. The molecule has 1 aliphatic rings. The second-order valence-corrected chi connectivity index (χ2v) is 5.95. The number of nitrogens with zero attached hydrogens (tertiary/aromatic N) is 2. The summed E-state index contributed by atoms with van der Waals surface area (Å²) in [6, 6.07) is 11.8. The van der Waals surface area contributed by atoms with Crippen molar-refractivity contribution in [2.24, 2.45) is 0 Å². The van der Waals surface area contributed by atoms with Crippen LogP contribution in [0.3, 0.4) is 0 Å². The van der Waals surface area contributed by atoms with Gasteiger partial charge in [-0.3, -0.25) is 0 Å². The van der Waals surface area contributed by atoms with Crippen molar-refractivity contribution < 1.29 is 22.6 Å². The lowest BCUT2D eigenvalue weighted by atomic mass is 10.2. The summed E-state index contributed by atoms with van der Waals surface area (Å²) >= 11 is 0. The molecule has 0 amide bonds. The Hall–Kier alpha value is -3.49. The van der Waals surface area contributed by atoms with Crippen LogP contribution in [-0.4, -0.2) is 23.2 Å². The lowest BCUT2D eigenvalue weighted by Crippen LogP contribution is -2.15. The summed E-state index contributed by atoms with van der Waals surface area (Å²) < 4.78 is 49.6. The van der Waals surface area contributed by atoms with Gasteiger partial charge in [-0.1, -0.05) is 6.07 Å². The maximum Gasteiger partial charge on any atom is 0.416 e. The normalized spacial score (nSPS) is 13.1. The van der Waals surface area contributed by atoms with Crippen LogP contribution in [0.1, 0.15) is 5.56 Å². The van der Waals surface area contributed by atoms with E-state index >= 15 is 0 Å². The van der Waals surface area contributed by atoms with Gasteiger partial charge in [-0.25, -0.2) is 4.98 Å². The zero-order chi connectivity index (χ0) is 19.6.